The Morgan fingerprint density at radius 3 is 3.05 bits per heavy atom. The average Bonchev–Trinajstić information content (AvgIpc) is 3.08. The Morgan fingerprint density at radius 2 is 2.33 bits per heavy atom. The zero-order valence-electron chi connectivity index (χ0n) is 11.8. The second kappa shape index (κ2) is 5.77. The Labute approximate surface area is 128 Å². The number of hydrogen-bond acceptors (Lipinski definition) is 3. The predicted octanol–water partition coefficient (Wildman–Crippen LogP) is 2.08. The van der Waals surface area contributed by atoms with Gasteiger partial charge < -0.3 is 10.2 Å². The molecule has 2 aromatic rings. The summed E-state index contributed by atoms with van der Waals surface area (Å²) in [6.07, 6.45) is 4.23. The number of halogens is 1. The molecule has 1 N–H and O–H groups in total. The summed E-state index contributed by atoms with van der Waals surface area (Å²) >= 11 is 6.02. The first-order valence-corrected chi connectivity index (χ1v) is 7.29. The Morgan fingerprint density at radius 1 is 1.48 bits per heavy atom. The van der Waals surface area contributed by atoms with E-state index in [1.165, 1.54) is 0 Å². The highest BCUT2D eigenvalue weighted by Gasteiger charge is 2.24. The quantitative estimate of drug-likeness (QED) is 0.944. The molecule has 110 valence electrons. The first-order valence-electron chi connectivity index (χ1n) is 6.92. The number of carbonyl (C=O) groups excluding carboxylic acids is 1. The van der Waals surface area contributed by atoms with Gasteiger partial charge in [-0.05, 0) is 24.6 Å². The topological polar surface area (TPSA) is 50.2 Å². The molecule has 0 bridgehead atoms. The molecule has 1 atom stereocenters. The molecule has 1 aliphatic rings. The minimum absolute atomic E-state index is 0.0685. The maximum absolute atomic E-state index is 12.1. The van der Waals surface area contributed by atoms with E-state index in [2.05, 4.69) is 15.3 Å². The maximum Gasteiger partial charge on any atom is 0.254 e. The van der Waals surface area contributed by atoms with Crippen LogP contribution in [0.4, 0.5) is 5.69 Å². The van der Waals surface area contributed by atoms with E-state index in [0.717, 1.165) is 30.2 Å². The van der Waals surface area contributed by atoms with Crippen LogP contribution in [0.2, 0.25) is 5.02 Å². The van der Waals surface area contributed by atoms with Crippen LogP contribution in [0.5, 0.6) is 0 Å². The fourth-order valence-electron chi connectivity index (χ4n) is 2.59. The normalized spacial score (nSPS) is 18.0. The van der Waals surface area contributed by atoms with Crippen LogP contribution in [0.3, 0.4) is 0 Å². The molecule has 1 aliphatic heterocycles. The van der Waals surface area contributed by atoms with Crippen LogP contribution in [-0.4, -0.2) is 34.8 Å². The minimum atomic E-state index is -0.0685. The lowest BCUT2D eigenvalue weighted by Crippen LogP contribution is -2.37. The van der Waals surface area contributed by atoms with Gasteiger partial charge in [-0.1, -0.05) is 17.7 Å². The van der Waals surface area contributed by atoms with E-state index in [1.54, 1.807) is 24.1 Å². The smallest absolute Gasteiger partial charge is 0.254 e. The van der Waals surface area contributed by atoms with Gasteiger partial charge in [0.25, 0.3) is 5.91 Å². The van der Waals surface area contributed by atoms with Gasteiger partial charge in [-0.3, -0.25) is 9.48 Å². The Balaban J connectivity index is 1.61. The third-order valence-electron chi connectivity index (χ3n) is 3.66. The molecule has 0 aliphatic carbocycles. The molecule has 1 unspecified atom stereocenters. The maximum atomic E-state index is 12.1. The van der Waals surface area contributed by atoms with Gasteiger partial charge in [0, 0.05) is 43.1 Å². The number of aromatic nitrogens is 2. The number of amides is 1. The average molecular weight is 305 g/mol. The zero-order chi connectivity index (χ0) is 14.8. The minimum Gasteiger partial charge on any atom is -0.369 e. The van der Waals surface area contributed by atoms with Gasteiger partial charge in [-0.2, -0.15) is 5.10 Å². The van der Waals surface area contributed by atoms with E-state index in [-0.39, 0.29) is 11.9 Å². The van der Waals surface area contributed by atoms with Gasteiger partial charge in [0.05, 0.1) is 11.8 Å². The molecule has 1 amide bonds. The van der Waals surface area contributed by atoms with Gasteiger partial charge in [0.1, 0.15) is 0 Å². The molecule has 0 radical (unpaired) electrons. The van der Waals surface area contributed by atoms with Crippen LogP contribution in [0.1, 0.15) is 16.8 Å². The van der Waals surface area contributed by atoms with Crippen molar-refractivity contribution in [2.45, 2.75) is 12.5 Å². The lowest BCUT2D eigenvalue weighted by atomic mass is 10.2. The van der Waals surface area contributed by atoms with E-state index in [0.29, 0.717) is 5.56 Å². The Kier molecular flexibility index (Phi) is 3.84. The molecular weight excluding hydrogens is 288 g/mol. The lowest BCUT2D eigenvalue weighted by molar-refractivity contribution is 0.0940. The number of anilines is 1. The van der Waals surface area contributed by atoms with Crippen molar-refractivity contribution in [3.8, 4) is 0 Å². The molecule has 1 aromatic carbocycles. The van der Waals surface area contributed by atoms with Gasteiger partial charge in [0.15, 0.2) is 0 Å². The van der Waals surface area contributed by atoms with Crippen LogP contribution in [0.25, 0.3) is 0 Å². The molecule has 1 fully saturated rings. The number of benzene rings is 1. The van der Waals surface area contributed by atoms with E-state index in [1.807, 2.05) is 24.3 Å². The molecule has 1 saturated heterocycles. The fraction of sp³-hybridized carbons (Fsp3) is 0.333. The van der Waals surface area contributed by atoms with Crippen molar-refractivity contribution in [1.29, 1.82) is 0 Å². The van der Waals surface area contributed by atoms with Gasteiger partial charge in [0.2, 0.25) is 0 Å². The molecule has 0 saturated carbocycles. The summed E-state index contributed by atoms with van der Waals surface area (Å²) in [6.45, 7) is 1.71. The first-order chi connectivity index (χ1) is 10.1. The standard InChI is InChI=1S/C15H17ClN4O/c1-19-9-11(8-17-19)15(21)18-13-5-6-20(10-13)14-4-2-3-12(16)7-14/h2-4,7-9,13H,5-6,10H2,1H3,(H,18,21). The van der Waals surface area contributed by atoms with E-state index >= 15 is 0 Å². The van der Waals surface area contributed by atoms with Crippen molar-refractivity contribution >= 4 is 23.2 Å². The molecule has 5 nitrogen and oxygen atoms in total. The van der Waals surface area contributed by atoms with Gasteiger partial charge in [-0.25, -0.2) is 0 Å². The number of hydrogen-bond donors (Lipinski definition) is 1. The molecular formula is C15H17ClN4O. The van der Waals surface area contributed by atoms with E-state index in [4.69, 9.17) is 11.6 Å². The molecule has 21 heavy (non-hydrogen) atoms. The summed E-state index contributed by atoms with van der Waals surface area (Å²) in [7, 11) is 1.80. The largest absolute Gasteiger partial charge is 0.369 e. The first kappa shape index (κ1) is 13.9. The van der Waals surface area contributed by atoms with Crippen molar-refractivity contribution in [3.63, 3.8) is 0 Å². The summed E-state index contributed by atoms with van der Waals surface area (Å²) < 4.78 is 1.63. The molecule has 0 spiro atoms. The molecule has 3 rings (SSSR count). The summed E-state index contributed by atoms with van der Waals surface area (Å²) in [5, 5.41) is 7.80. The van der Waals surface area contributed by atoms with Crippen molar-refractivity contribution in [2.75, 3.05) is 18.0 Å². The summed E-state index contributed by atoms with van der Waals surface area (Å²) in [5.41, 5.74) is 1.69. The van der Waals surface area contributed by atoms with Crippen LogP contribution in [0, 0.1) is 0 Å². The third kappa shape index (κ3) is 3.19. The molecule has 6 heteroatoms. The number of rotatable bonds is 3. The Hall–Kier alpha value is -2.01. The second-order valence-electron chi connectivity index (χ2n) is 5.29. The summed E-state index contributed by atoms with van der Waals surface area (Å²) in [5.74, 6) is -0.0685. The SMILES string of the molecule is Cn1cc(C(=O)NC2CCN(c3cccc(Cl)c3)C2)cn1. The predicted molar refractivity (Wildman–Crippen MR) is 82.7 cm³/mol. The van der Waals surface area contributed by atoms with Crippen molar-refractivity contribution in [1.82, 2.24) is 15.1 Å². The monoisotopic (exact) mass is 304 g/mol. The number of aryl methyl sites for hydroxylation is 1. The highest BCUT2D eigenvalue weighted by atomic mass is 35.5. The van der Waals surface area contributed by atoms with Gasteiger partial charge >= 0.3 is 0 Å². The van der Waals surface area contributed by atoms with Gasteiger partial charge in [-0.15, -0.1) is 0 Å². The number of nitrogens with one attached hydrogen (secondary N) is 1. The van der Waals surface area contributed by atoms with E-state index in [9.17, 15) is 4.79 Å². The highest BCUT2D eigenvalue weighted by molar-refractivity contribution is 6.30. The number of carbonyl (C=O) groups is 1. The summed E-state index contributed by atoms with van der Waals surface area (Å²) in [4.78, 5) is 14.3. The van der Waals surface area contributed by atoms with Crippen LogP contribution < -0.4 is 10.2 Å². The van der Waals surface area contributed by atoms with Crippen LogP contribution in [0.15, 0.2) is 36.7 Å². The van der Waals surface area contributed by atoms with Crippen molar-refractivity contribution in [2.24, 2.45) is 7.05 Å². The second-order valence-corrected chi connectivity index (χ2v) is 5.72. The van der Waals surface area contributed by atoms with Crippen molar-refractivity contribution < 1.29 is 4.79 Å². The van der Waals surface area contributed by atoms with Crippen molar-refractivity contribution in [3.05, 3.63) is 47.2 Å². The Bertz CT molecular complexity index is 655. The molecule has 1 aromatic heterocycles. The fourth-order valence-corrected chi connectivity index (χ4v) is 2.78. The highest BCUT2D eigenvalue weighted by Crippen LogP contribution is 2.23. The van der Waals surface area contributed by atoms with Crippen LogP contribution in [-0.2, 0) is 7.05 Å². The lowest BCUT2D eigenvalue weighted by Gasteiger charge is -2.19. The third-order valence-corrected chi connectivity index (χ3v) is 3.90. The summed E-state index contributed by atoms with van der Waals surface area (Å²) in [6, 6.07) is 7.95. The molecule has 2 heterocycles. The zero-order valence-corrected chi connectivity index (χ0v) is 12.5. The number of nitrogens with zero attached hydrogens (tertiary/aromatic N) is 3. The van der Waals surface area contributed by atoms with Crippen LogP contribution >= 0.6 is 11.6 Å². The van der Waals surface area contributed by atoms with E-state index < -0.39 is 0 Å².